The normalized spacial score (nSPS) is 15.0. The highest BCUT2D eigenvalue weighted by Gasteiger charge is 2.31. The van der Waals surface area contributed by atoms with E-state index in [1.807, 2.05) is 11.8 Å². The molecule has 0 radical (unpaired) electrons. The van der Waals surface area contributed by atoms with E-state index in [9.17, 15) is 10.1 Å². The van der Waals surface area contributed by atoms with Gasteiger partial charge in [0.1, 0.15) is 6.07 Å². The van der Waals surface area contributed by atoms with E-state index in [1.165, 1.54) is 6.26 Å². The number of carbonyl (C=O) groups excluding carboxylic acids is 1. The fraction of sp³-hybridized carbons (Fsp3) is 0.500. The zero-order chi connectivity index (χ0) is 18.5. The van der Waals surface area contributed by atoms with Gasteiger partial charge in [-0.2, -0.15) is 10.2 Å². The van der Waals surface area contributed by atoms with Gasteiger partial charge in [0, 0.05) is 32.1 Å². The number of aromatic nitrogens is 1. The van der Waals surface area contributed by atoms with Gasteiger partial charge < -0.3 is 23.7 Å². The van der Waals surface area contributed by atoms with Crippen molar-refractivity contribution in [2.24, 2.45) is 5.92 Å². The molecule has 1 aliphatic rings. The van der Waals surface area contributed by atoms with Crippen LogP contribution in [-0.2, 0) is 4.79 Å². The summed E-state index contributed by atoms with van der Waals surface area (Å²) in [5.41, 5.74) is 0.219. The largest absolute Gasteiger partial charge is 0.459 e. The number of anilines is 1. The number of hydrogen-bond donors (Lipinski definition) is 1. The van der Waals surface area contributed by atoms with Gasteiger partial charge in [0.2, 0.25) is 17.5 Å². The van der Waals surface area contributed by atoms with E-state index >= 15 is 0 Å². The molecule has 3 heterocycles. The van der Waals surface area contributed by atoms with Gasteiger partial charge in [-0.1, -0.05) is 0 Å². The number of carbonyl (C=O) groups is 1. The van der Waals surface area contributed by atoms with Gasteiger partial charge in [-0.15, -0.1) is 0 Å². The van der Waals surface area contributed by atoms with Crippen molar-refractivity contribution in [1.29, 1.82) is 5.26 Å². The van der Waals surface area contributed by atoms with E-state index in [2.05, 4.69) is 11.1 Å². The standard InChI is InChI=1S/C18H22N4O4/c1-2-21(9-10-23)17(24)13-5-7-22(8-6-13)18-14(12-19)20-16(26-18)15-4-3-11-25-15/h3-4,11,13,23H,2,5-10H2,1H3. The Bertz CT molecular complexity index is 770. The first-order valence-electron chi connectivity index (χ1n) is 8.77. The van der Waals surface area contributed by atoms with Crippen molar-refractivity contribution >= 4 is 11.8 Å². The molecule has 0 spiro atoms. The summed E-state index contributed by atoms with van der Waals surface area (Å²) in [6.45, 7) is 4.04. The highest BCUT2D eigenvalue weighted by Crippen LogP contribution is 2.31. The molecule has 1 N–H and O–H groups in total. The Hall–Kier alpha value is -2.79. The van der Waals surface area contributed by atoms with Crippen molar-refractivity contribution in [2.45, 2.75) is 19.8 Å². The Kier molecular flexibility index (Phi) is 5.58. The fourth-order valence-corrected chi connectivity index (χ4v) is 3.24. The molecule has 0 unspecified atom stereocenters. The summed E-state index contributed by atoms with van der Waals surface area (Å²) in [5.74, 6) is 1.18. The highest BCUT2D eigenvalue weighted by atomic mass is 16.4. The maximum atomic E-state index is 12.5. The summed E-state index contributed by atoms with van der Waals surface area (Å²) < 4.78 is 11.0. The predicted octanol–water partition coefficient (Wildman–Crippen LogP) is 1.86. The Morgan fingerprint density at radius 2 is 2.27 bits per heavy atom. The molecule has 3 rings (SSSR count). The quantitative estimate of drug-likeness (QED) is 0.840. The molecular weight excluding hydrogens is 336 g/mol. The molecule has 138 valence electrons. The van der Waals surface area contributed by atoms with Gasteiger partial charge in [0.05, 0.1) is 12.9 Å². The number of nitriles is 1. The average Bonchev–Trinajstić information content (AvgIpc) is 3.35. The van der Waals surface area contributed by atoms with Crippen molar-refractivity contribution in [1.82, 2.24) is 9.88 Å². The number of nitrogens with zero attached hydrogens (tertiary/aromatic N) is 4. The first-order chi connectivity index (χ1) is 12.7. The molecule has 2 aromatic heterocycles. The SMILES string of the molecule is CCN(CCO)C(=O)C1CCN(c2oc(-c3ccco3)nc2C#N)CC1. The topological polar surface area (TPSA) is 107 Å². The Morgan fingerprint density at radius 3 is 2.85 bits per heavy atom. The fourth-order valence-electron chi connectivity index (χ4n) is 3.24. The number of amides is 1. The third-order valence-corrected chi connectivity index (χ3v) is 4.64. The molecule has 0 saturated carbocycles. The molecule has 8 nitrogen and oxygen atoms in total. The van der Waals surface area contributed by atoms with Crippen LogP contribution in [0.4, 0.5) is 5.88 Å². The summed E-state index contributed by atoms with van der Waals surface area (Å²) in [6.07, 6.45) is 2.86. The summed E-state index contributed by atoms with van der Waals surface area (Å²) in [4.78, 5) is 20.4. The van der Waals surface area contributed by atoms with E-state index < -0.39 is 0 Å². The number of piperidine rings is 1. The number of rotatable bonds is 6. The number of furan rings is 1. The summed E-state index contributed by atoms with van der Waals surface area (Å²) >= 11 is 0. The monoisotopic (exact) mass is 358 g/mol. The lowest BCUT2D eigenvalue weighted by molar-refractivity contribution is -0.136. The average molecular weight is 358 g/mol. The Morgan fingerprint density at radius 1 is 1.50 bits per heavy atom. The van der Waals surface area contributed by atoms with Crippen molar-refractivity contribution in [3.8, 4) is 17.7 Å². The maximum Gasteiger partial charge on any atom is 0.266 e. The molecule has 1 amide bonds. The molecule has 0 bridgehead atoms. The summed E-state index contributed by atoms with van der Waals surface area (Å²) in [7, 11) is 0. The number of aliphatic hydroxyl groups is 1. The van der Waals surface area contributed by atoms with Crippen LogP contribution in [-0.4, -0.2) is 53.7 Å². The van der Waals surface area contributed by atoms with E-state index in [0.29, 0.717) is 50.7 Å². The number of oxazole rings is 1. The molecule has 2 aromatic rings. The summed E-state index contributed by atoms with van der Waals surface area (Å²) in [6, 6.07) is 5.52. The number of hydrogen-bond acceptors (Lipinski definition) is 7. The minimum absolute atomic E-state index is 0.0302. The molecule has 0 aromatic carbocycles. The first kappa shape index (κ1) is 18.0. The Balaban J connectivity index is 1.68. The number of aliphatic hydroxyl groups excluding tert-OH is 1. The minimum atomic E-state index is -0.0734. The second kappa shape index (κ2) is 8.06. The predicted molar refractivity (Wildman–Crippen MR) is 93.2 cm³/mol. The molecular formula is C18H22N4O4. The molecule has 1 aliphatic heterocycles. The minimum Gasteiger partial charge on any atom is -0.459 e. The lowest BCUT2D eigenvalue weighted by Gasteiger charge is -2.33. The van der Waals surface area contributed by atoms with Crippen molar-refractivity contribution in [2.75, 3.05) is 37.7 Å². The van der Waals surface area contributed by atoms with Crippen molar-refractivity contribution < 1.29 is 18.7 Å². The van der Waals surface area contributed by atoms with Crippen LogP contribution in [0.3, 0.4) is 0 Å². The molecule has 1 saturated heterocycles. The second-order valence-corrected chi connectivity index (χ2v) is 6.16. The van der Waals surface area contributed by atoms with Crippen LogP contribution in [0.2, 0.25) is 0 Å². The van der Waals surface area contributed by atoms with Crippen LogP contribution in [0.25, 0.3) is 11.7 Å². The number of likely N-dealkylation sites (N-methyl/N-ethyl adjacent to an activating group) is 1. The van der Waals surface area contributed by atoms with Gasteiger partial charge in [-0.05, 0) is 31.9 Å². The third-order valence-electron chi connectivity index (χ3n) is 4.64. The zero-order valence-electron chi connectivity index (χ0n) is 14.7. The van der Waals surface area contributed by atoms with Crippen molar-refractivity contribution in [3.63, 3.8) is 0 Å². The van der Waals surface area contributed by atoms with Gasteiger partial charge >= 0.3 is 0 Å². The molecule has 0 aliphatic carbocycles. The van der Waals surface area contributed by atoms with Crippen LogP contribution in [0.1, 0.15) is 25.5 Å². The van der Waals surface area contributed by atoms with Crippen molar-refractivity contribution in [3.05, 3.63) is 24.1 Å². The smallest absolute Gasteiger partial charge is 0.266 e. The zero-order valence-corrected chi connectivity index (χ0v) is 14.7. The van der Waals surface area contributed by atoms with Crippen LogP contribution in [0.5, 0.6) is 0 Å². The molecule has 26 heavy (non-hydrogen) atoms. The Labute approximate surface area is 151 Å². The van der Waals surface area contributed by atoms with E-state index in [4.69, 9.17) is 13.9 Å². The van der Waals surface area contributed by atoms with Crippen LogP contribution >= 0.6 is 0 Å². The lowest BCUT2D eigenvalue weighted by atomic mass is 9.95. The first-order valence-corrected chi connectivity index (χ1v) is 8.77. The summed E-state index contributed by atoms with van der Waals surface area (Å²) in [5, 5.41) is 18.4. The molecule has 0 atom stereocenters. The van der Waals surface area contributed by atoms with Gasteiger partial charge in [-0.25, -0.2) is 0 Å². The molecule has 1 fully saturated rings. The van der Waals surface area contributed by atoms with E-state index in [1.54, 1.807) is 17.0 Å². The van der Waals surface area contributed by atoms with Gasteiger partial charge in [0.25, 0.3) is 5.89 Å². The van der Waals surface area contributed by atoms with E-state index in [-0.39, 0.29) is 30.0 Å². The van der Waals surface area contributed by atoms with Gasteiger partial charge in [0.15, 0.2) is 5.76 Å². The maximum absolute atomic E-state index is 12.5. The van der Waals surface area contributed by atoms with Crippen LogP contribution < -0.4 is 4.90 Å². The second-order valence-electron chi connectivity index (χ2n) is 6.16. The van der Waals surface area contributed by atoms with Crippen LogP contribution in [0.15, 0.2) is 27.2 Å². The highest BCUT2D eigenvalue weighted by molar-refractivity contribution is 5.79. The van der Waals surface area contributed by atoms with E-state index in [0.717, 1.165) is 0 Å². The van der Waals surface area contributed by atoms with Crippen LogP contribution in [0, 0.1) is 17.2 Å². The molecule has 8 heteroatoms. The lowest BCUT2D eigenvalue weighted by Crippen LogP contribution is -2.43. The van der Waals surface area contributed by atoms with Gasteiger partial charge in [-0.3, -0.25) is 4.79 Å². The third kappa shape index (κ3) is 3.58.